The summed E-state index contributed by atoms with van der Waals surface area (Å²) >= 11 is 0. The summed E-state index contributed by atoms with van der Waals surface area (Å²) in [5, 5.41) is 11.4. The molecule has 0 aliphatic rings. The third-order valence-corrected chi connectivity index (χ3v) is 3.06. The lowest BCUT2D eigenvalue weighted by Gasteiger charge is -2.12. The van der Waals surface area contributed by atoms with Crippen LogP contribution in [-0.2, 0) is 0 Å². The predicted molar refractivity (Wildman–Crippen MR) is 79.0 cm³/mol. The maximum absolute atomic E-state index is 10.9. The number of carbonyl (C=O) groups excluding carboxylic acids is 1. The fourth-order valence-electron chi connectivity index (χ4n) is 2.21. The SMILES string of the molecule is COc1nnc2c(NC(C)C)nc3cc(C=O)ccc3n12. The Morgan fingerprint density at radius 1 is 1.33 bits per heavy atom. The molecule has 21 heavy (non-hydrogen) atoms. The molecule has 0 amide bonds. The minimum Gasteiger partial charge on any atom is -0.467 e. The molecular weight excluding hydrogens is 270 g/mol. The van der Waals surface area contributed by atoms with Gasteiger partial charge >= 0.3 is 6.01 Å². The summed E-state index contributed by atoms with van der Waals surface area (Å²) in [4.78, 5) is 15.5. The zero-order chi connectivity index (χ0) is 15.0. The van der Waals surface area contributed by atoms with E-state index in [-0.39, 0.29) is 6.04 Å². The van der Waals surface area contributed by atoms with Gasteiger partial charge in [0.1, 0.15) is 6.29 Å². The number of benzene rings is 1. The summed E-state index contributed by atoms with van der Waals surface area (Å²) in [5.41, 5.74) is 2.61. The molecule has 7 nitrogen and oxygen atoms in total. The number of hydrogen-bond donors (Lipinski definition) is 1. The minimum atomic E-state index is 0.190. The Labute approximate surface area is 121 Å². The maximum atomic E-state index is 10.9. The van der Waals surface area contributed by atoms with Crippen LogP contribution in [-0.4, -0.2) is 39.0 Å². The number of rotatable bonds is 4. The van der Waals surface area contributed by atoms with Crippen LogP contribution in [0.1, 0.15) is 24.2 Å². The number of aldehydes is 1. The third kappa shape index (κ3) is 2.16. The highest BCUT2D eigenvalue weighted by Gasteiger charge is 2.16. The number of fused-ring (bicyclic) bond motifs is 3. The Balaban J connectivity index is 2.39. The molecule has 0 aliphatic heterocycles. The average Bonchev–Trinajstić information content (AvgIpc) is 2.90. The van der Waals surface area contributed by atoms with Gasteiger partial charge in [0.2, 0.25) is 5.65 Å². The summed E-state index contributed by atoms with van der Waals surface area (Å²) < 4.78 is 7.04. The zero-order valence-corrected chi connectivity index (χ0v) is 12.0. The van der Waals surface area contributed by atoms with E-state index in [1.165, 1.54) is 7.11 Å². The first kappa shape index (κ1) is 13.3. The summed E-state index contributed by atoms with van der Waals surface area (Å²) in [7, 11) is 1.54. The Morgan fingerprint density at radius 3 is 2.81 bits per heavy atom. The summed E-state index contributed by atoms with van der Waals surface area (Å²) in [6, 6.07) is 5.83. The molecule has 0 fully saturated rings. The molecule has 0 saturated heterocycles. The molecule has 2 aromatic heterocycles. The lowest BCUT2D eigenvalue weighted by Crippen LogP contribution is -2.13. The third-order valence-electron chi connectivity index (χ3n) is 3.06. The van der Waals surface area contributed by atoms with Crippen LogP contribution in [0.15, 0.2) is 18.2 Å². The van der Waals surface area contributed by atoms with Gasteiger partial charge in [0.15, 0.2) is 5.82 Å². The van der Waals surface area contributed by atoms with Crippen LogP contribution in [0, 0.1) is 0 Å². The molecule has 7 heteroatoms. The summed E-state index contributed by atoms with van der Waals surface area (Å²) in [6.45, 7) is 4.02. The van der Waals surface area contributed by atoms with Crippen molar-refractivity contribution in [2.24, 2.45) is 0 Å². The van der Waals surface area contributed by atoms with Gasteiger partial charge < -0.3 is 10.1 Å². The predicted octanol–water partition coefficient (Wildman–Crippen LogP) is 1.92. The molecular formula is C14H15N5O2. The van der Waals surface area contributed by atoms with E-state index in [1.807, 2.05) is 19.9 Å². The van der Waals surface area contributed by atoms with Crippen molar-refractivity contribution >= 4 is 28.8 Å². The smallest absolute Gasteiger partial charge is 0.321 e. The first-order valence-corrected chi connectivity index (χ1v) is 6.58. The van der Waals surface area contributed by atoms with Crippen LogP contribution >= 0.6 is 0 Å². The molecule has 0 radical (unpaired) electrons. The van der Waals surface area contributed by atoms with E-state index in [4.69, 9.17) is 4.74 Å². The normalized spacial score (nSPS) is 11.2. The lowest BCUT2D eigenvalue weighted by molar-refractivity contribution is 0.112. The standard InChI is InChI=1S/C14H15N5O2/c1-8(2)15-12-13-17-18-14(21-3)19(13)11-5-4-9(7-20)6-10(11)16-12/h4-8H,1-3H3,(H,15,16). The molecule has 3 aromatic rings. The van der Waals surface area contributed by atoms with Crippen molar-refractivity contribution in [2.45, 2.75) is 19.9 Å². The van der Waals surface area contributed by atoms with Crippen molar-refractivity contribution in [3.8, 4) is 6.01 Å². The Morgan fingerprint density at radius 2 is 2.14 bits per heavy atom. The molecule has 0 aliphatic carbocycles. The number of carbonyl (C=O) groups is 1. The van der Waals surface area contributed by atoms with E-state index in [0.717, 1.165) is 11.8 Å². The highest BCUT2D eigenvalue weighted by molar-refractivity contribution is 5.88. The van der Waals surface area contributed by atoms with Crippen LogP contribution in [0.2, 0.25) is 0 Å². The van der Waals surface area contributed by atoms with Crippen molar-refractivity contribution < 1.29 is 9.53 Å². The van der Waals surface area contributed by atoms with Gasteiger partial charge in [-0.15, -0.1) is 5.10 Å². The molecule has 0 spiro atoms. The fourth-order valence-corrected chi connectivity index (χ4v) is 2.21. The van der Waals surface area contributed by atoms with Crippen molar-refractivity contribution in [1.82, 2.24) is 19.6 Å². The van der Waals surface area contributed by atoms with Crippen LogP contribution in [0.25, 0.3) is 16.7 Å². The molecule has 0 atom stereocenters. The van der Waals surface area contributed by atoms with Gasteiger partial charge in [-0.05, 0) is 32.0 Å². The van der Waals surface area contributed by atoms with E-state index in [2.05, 4.69) is 20.5 Å². The number of anilines is 1. The Bertz CT molecular complexity index is 825. The van der Waals surface area contributed by atoms with E-state index in [1.54, 1.807) is 16.5 Å². The van der Waals surface area contributed by atoms with Gasteiger partial charge in [0.05, 0.1) is 18.1 Å². The molecule has 0 unspecified atom stereocenters. The van der Waals surface area contributed by atoms with Crippen LogP contribution in [0.5, 0.6) is 6.01 Å². The molecule has 108 valence electrons. The number of nitrogens with zero attached hydrogens (tertiary/aromatic N) is 4. The van der Waals surface area contributed by atoms with Gasteiger partial charge in [-0.25, -0.2) is 9.38 Å². The molecule has 1 aromatic carbocycles. The van der Waals surface area contributed by atoms with Crippen molar-refractivity contribution in [1.29, 1.82) is 0 Å². The quantitative estimate of drug-likeness (QED) is 0.737. The summed E-state index contributed by atoms with van der Waals surface area (Å²) in [5.74, 6) is 0.608. The van der Waals surface area contributed by atoms with Crippen molar-refractivity contribution in [2.75, 3.05) is 12.4 Å². The van der Waals surface area contributed by atoms with Crippen LogP contribution < -0.4 is 10.1 Å². The first-order valence-electron chi connectivity index (χ1n) is 6.58. The second-order valence-electron chi connectivity index (χ2n) is 4.97. The molecule has 2 heterocycles. The van der Waals surface area contributed by atoms with Crippen molar-refractivity contribution in [3.63, 3.8) is 0 Å². The monoisotopic (exact) mass is 285 g/mol. The molecule has 0 bridgehead atoms. The zero-order valence-electron chi connectivity index (χ0n) is 12.0. The van der Waals surface area contributed by atoms with Crippen LogP contribution in [0.3, 0.4) is 0 Å². The number of nitrogens with one attached hydrogen (secondary N) is 1. The van der Waals surface area contributed by atoms with E-state index < -0.39 is 0 Å². The average molecular weight is 285 g/mol. The molecule has 3 rings (SSSR count). The summed E-state index contributed by atoms with van der Waals surface area (Å²) in [6.07, 6.45) is 0.796. The van der Waals surface area contributed by atoms with E-state index in [9.17, 15) is 4.79 Å². The van der Waals surface area contributed by atoms with Gasteiger partial charge in [0, 0.05) is 11.6 Å². The van der Waals surface area contributed by atoms with Gasteiger partial charge in [-0.3, -0.25) is 4.79 Å². The Hall–Kier alpha value is -2.70. The van der Waals surface area contributed by atoms with Gasteiger partial charge in [-0.1, -0.05) is 5.10 Å². The van der Waals surface area contributed by atoms with Crippen LogP contribution in [0.4, 0.5) is 5.82 Å². The van der Waals surface area contributed by atoms with Crippen molar-refractivity contribution in [3.05, 3.63) is 23.8 Å². The van der Waals surface area contributed by atoms with E-state index >= 15 is 0 Å². The van der Waals surface area contributed by atoms with Gasteiger partial charge in [0.25, 0.3) is 0 Å². The largest absolute Gasteiger partial charge is 0.467 e. The van der Waals surface area contributed by atoms with Gasteiger partial charge in [-0.2, -0.15) is 0 Å². The molecule has 0 saturated carbocycles. The number of hydrogen-bond acceptors (Lipinski definition) is 6. The number of ether oxygens (including phenoxy) is 1. The second-order valence-corrected chi connectivity index (χ2v) is 4.97. The first-order chi connectivity index (χ1) is 10.1. The highest BCUT2D eigenvalue weighted by Crippen LogP contribution is 2.25. The lowest BCUT2D eigenvalue weighted by atomic mass is 10.2. The number of methoxy groups -OCH3 is 1. The van der Waals surface area contributed by atoms with E-state index in [0.29, 0.717) is 28.6 Å². The molecule has 1 N–H and O–H groups in total. The minimum absolute atomic E-state index is 0.190. The fraction of sp³-hybridized carbons (Fsp3) is 0.286. The topological polar surface area (TPSA) is 81.4 Å². The maximum Gasteiger partial charge on any atom is 0.321 e. The Kier molecular flexibility index (Phi) is 3.17. The number of aromatic nitrogens is 4. The second kappa shape index (κ2) is 5.01. The highest BCUT2D eigenvalue weighted by atomic mass is 16.5.